The summed E-state index contributed by atoms with van der Waals surface area (Å²) in [7, 11) is 0. The molecule has 1 unspecified atom stereocenters. The number of hydrogen-bond acceptors (Lipinski definition) is 4. The minimum absolute atomic E-state index is 0.261. The molecule has 0 N–H and O–H groups in total. The second-order valence-electron chi connectivity index (χ2n) is 3.81. The van der Waals surface area contributed by atoms with Gasteiger partial charge in [-0.25, -0.2) is 4.79 Å². The van der Waals surface area contributed by atoms with Crippen LogP contribution in [0.25, 0.3) is 0 Å². The highest BCUT2D eigenvalue weighted by atomic mass is 16.6. The molecule has 1 atom stereocenters. The van der Waals surface area contributed by atoms with Crippen molar-refractivity contribution in [2.24, 2.45) is 0 Å². The van der Waals surface area contributed by atoms with Crippen LogP contribution in [0.3, 0.4) is 0 Å². The first-order valence-electron chi connectivity index (χ1n) is 5.98. The zero-order valence-electron chi connectivity index (χ0n) is 10.2. The summed E-state index contributed by atoms with van der Waals surface area (Å²) in [6, 6.07) is 0. The highest BCUT2D eigenvalue weighted by molar-refractivity contribution is 5.75. The van der Waals surface area contributed by atoms with Crippen LogP contribution in [0.1, 0.15) is 52.4 Å². The molecule has 0 saturated carbocycles. The van der Waals surface area contributed by atoms with Crippen molar-refractivity contribution >= 4 is 12.4 Å². The Labute approximate surface area is 97.3 Å². The van der Waals surface area contributed by atoms with Crippen LogP contribution in [0.2, 0.25) is 0 Å². The Hall–Kier alpha value is -1.06. The first kappa shape index (κ1) is 14.9. The van der Waals surface area contributed by atoms with Gasteiger partial charge in [-0.1, -0.05) is 39.0 Å². The number of hydrogen-bond donors (Lipinski definition) is 0. The average molecular weight is 230 g/mol. The number of ether oxygens (including phenoxy) is 2. The fourth-order valence-corrected chi connectivity index (χ4v) is 1.31. The Morgan fingerprint density at radius 2 is 1.81 bits per heavy atom. The van der Waals surface area contributed by atoms with Gasteiger partial charge < -0.3 is 9.47 Å². The molecular formula is C12H22O4. The molecule has 4 heteroatoms. The third-order valence-corrected chi connectivity index (χ3v) is 2.33. The summed E-state index contributed by atoms with van der Waals surface area (Å²) in [4.78, 5) is 21.1. The molecular weight excluding hydrogens is 208 g/mol. The molecule has 0 spiro atoms. The van der Waals surface area contributed by atoms with Gasteiger partial charge in [0.15, 0.2) is 6.10 Å². The van der Waals surface area contributed by atoms with Crippen LogP contribution in [-0.2, 0) is 19.1 Å². The van der Waals surface area contributed by atoms with Gasteiger partial charge >= 0.3 is 5.97 Å². The molecule has 0 aromatic heterocycles. The van der Waals surface area contributed by atoms with Crippen LogP contribution in [0.5, 0.6) is 0 Å². The summed E-state index contributed by atoms with van der Waals surface area (Å²) in [6.45, 7) is 4.35. The highest BCUT2D eigenvalue weighted by Crippen LogP contribution is 2.05. The lowest BCUT2D eigenvalue weighted by Gasteiger charge is -2.09. The van der Waals surface area contributed by atoms with Crippen molar-refractivity contribution in [3.8, 4) is 0 Å². The summed E-state index contributed by atoms with van der Waals surface area (Å²) >= 11 is 0. The first-order chi connectivity index (χ1) is 7.72. The molecule has 0 rings (SSSR count). The Bertz CT molecular complexity index is 191. The van der Waals surface area contributed by atoms with E-state index in [-0.39, 0.29) is 6.47 Å². The molecule has 0 fully saturated rings. The van der Waals surface area contributed by atoms with Crippen molar-refractivity contribution in [2.75, 3.05) is 6.61 Å². The van der Waals surface area contributed by atoms with E-state index >= 15 is 0 Å². The summed E-state index contributed by atoms with van der Waals surface area (Å²) in [5, 5.41) is 0. The zero-order chi connectivity index (χ0) is 12.2. The van der Waals surface area contributed by atoms with E-state index in [1.807, 2.05) is 0 Å². The SMILES string of the molecule is CCCCCCCCOC(=O)C(C)OC=O. The summed E-state index contributed by atoms with van der Waals surface area (Å²) in [6.07, 6.45) is 6.09. The maximum absolute atomic E-state index is 11.2. The van der Waals surface area contributed by atoms with Crippen LogP contribution >= 0.6 is 0 Å². The highest BCUT2D eigenvalue weighted by Gasteiger charge is 2.14. The van der Waals surface area contributed by atoms with E-state index in [0.29, 0.717) is 6.61 Å². The van der Waals surface area contributed by atoms with Gasteiger partial charge in [0.05, 0.1) is 6.61 Å². The fraction of sp³-hybridized carbons (Fsp3) is 0.833. The molecule has 0 radical (unpaired) electrons. The van der Waals surface area contributed by atoms with E-state index in [0.717, 1.165) is 12.8 Å². The van der Waals surface area contributed by atoms with E-state index in [1.54, 1.807) is 0 Å². The number of rotatable bonds is 10. The molecule has 0 saturated heterocycles. The minimum atomic E-state index is -0.794. The molecule has 0 amide bonds. The largest absolute Gasteiger partial charge is 0.463 e. The lowest BCUT2D eigenvalue weighted by Crippen LogP contribution is -2.23. The van der Waals surface area contributed by atoms with Gasteiger partial charge in [0.2, 0.25) is 0 Å². The van der Waals surface area contributed by atoms with E-state index < -0.39 is 12.1 Å². The second kappa shape index (κ2) is 10.5. The topological polar surface area (TPSA) is 52.6 Å². The molecule has 0 aliphatic heterocycles. The number of unbranched alkanes of at least 4 members (excludes halogenated alkanes) is 5. The fourth-order valence-electron chi connectivity index (χ4n) is 1.31. The van der Waals surface area contributed by atoms with Crippen molar-refractivity contribution in [1.29, 1.82) is 0 Å². The summed E-state index contributed by atoms with van der Waals surface area (Å²) in [5.74, 6) is -0.472. The second-order valence-corrected chi connectivity index (χ2v) is 3.81. The predicted molar refractivity (Wildman–Crippen MR) is 60.9 cm³/mol. The van der Waals surface area contributed by atoms with Crippen LogP contribution in [0.15, 0.2) is 0 Å². The molecule has 0 aromatic carbocycles. The van der Waals surface area contributed by atoms with Crippen molar-refractivity contribution in [3.05, 3.63) is 0 Å². The quantitative estimate of drug-likeness (QED) is 0.328. The van der Waals surface area contributed by atoms with Gasteiger partial charge in [0.1, 0.15) is 0 Å². The lowest BCUT2D eigenvalue weighted by molar-refractivity contribution is -0.160. The van der Waals surface area contributed by atoms with Gasteiger partial charge in [0, 0.05) is 0 Å². The smallest absolute Gasteiger partial charge is 0.347 e. The predicted octanol–water partition coefficient (Wildman–Crippen LogP) is 2.45. The molecule has 4 nitrogen and oxygen atoms in total. The normalized spacial score (nSPS) is 11.9. The molecule has 0 heterocycles. The molecule has 0 aromatic rings. The average Bonchev–Trinajstić information content (AvgIpc) is 2.28. The molecule has 16 heavy (non-hydrogen) atoms. The number of carbonyl (C=O) groups is 2. The maximum Gasteiger partial charge on any atom is 0.347 e. The summed E-state index contributed by atoms with van der Waals surface area (Å²) < 4.78 is 9.40. The molecule has 94 valence electrons. The monoisotopic (exact) mass is 230 g/mol. The Morgan fingerprint density at radius 1 is 1.19 bits per heavy atom. The van der Waals surface area contributed by atoms with Gasteiger partial charge in [0.25, 0.3) is 6.47 Å². The lowest BCUT2D eigenvalue weighted by atomic mass is 10.1. The Morgan fingerprint density at radius 3 is 2.44 bits per heavy atom. The van der Waals surface area contributed by atoms with Gasteiger partial charge in [-0.3, -0.25) is 4.79 Å². The van der Waals surface area contributed by atoms with Crippen molar-refractivity contribution in [1.82, 2.24) is 0 Å². The van der Waals surface area contributed by atoms with E-state index in [1.165, 1.54) is 32.6 Å². The van der Waals surface area contributed by atoms with Crippen LogP contribution < -0.4 is 0 Å². The van der Waals surface area contributed by atoms with E-state index in [9.17, 15) is 9.59 Å². The molecule has 0 aliphatic rings. The minimum Gasteiger partial charge on any atom is -0.463 e. The van der Waals surface area contributed by atoms with Crippen molar-refractivity contribution in [3.63, 3.8) is 0 Å². The Kier molecular flexibility index (Phi) is 9.76. The zero-order valence-corrected chi connectivity index (χ0v) is 10.2. The molecule has 0 aliphatic carbocycles. The molecule has 0 bridgehead atoms. The third kappa shape index (κ3) is 8.26. The van der Waals surface area contributed by atoms with Crippen LogP contribution in [0.4, 0.5) is 0 Å². The summed E-state index contributed by atoms with van der Waals surface area (Å²) in [5.41, 5.74) is 0. The van der Waals surface area contributed by atoms with Crippen molar-refractivity contribution < 1.29 is 19.1 Å². The van der Waals surface area contributed by atoms with Crippen LogP contribution in [-0.4, -0.2) is 25.2 Å². The maximum atomic E-state index is 11.2. The third-order valence-electron chi connectivity index (χ3n) is 2.33. The van der Waals surface area contributed by atoms with Crippen molar-refractivity contribution in [2.45, 2.75) is 58.5 Å². The van der Waals surface area contributed by atoms with E-state index in [4.69, 9.17) is 4.74 Å². The number of esters is 1. The van der Waals surface area contributed by atoms with Gasteiger partial charge in [-0.05, 0) is 13.3 Å². The number of carbonyl (C=O) groups excluding carboxylic acids is 2. The van der Waals surface area contributed by atoms with Gasteiger partial charge in [-0.15, -0.1) is 0 Å². The van der Waals surface area contributed by atoms with E-state index in [2.05, 4.69) is 11.7 Å². The first-order valence-corrected chi connectivity index (χ1v) is 5.98. The Balaban J connectivity index is 3.30. The van der Waals surface area contributed by atoms with Crippen LogP contribution in [0, 0.1) is 0 Å². The van der Waals surface area contributed by atoms with Gasteiger partial charge in [-0.2, -0.15) is 0 Å². The standard InChI is InChI=1S/C12H22O4/c1-3-4-5-6-7-8-9-15-12(14)11(2)16-10-13/h10-11H,3-9H2,1-2H3.